The van der Waals surface area contributed by atoms with Gasteiger partial charge in [-0.15, -0.1) is 0 Å². The number of furan rings is 1. The lowest BCUT2D eigenvalue weighted by Gasteiger charge is -2.09. The molecular formula is C22H22BrNO5S. The van der Waals surface area contributed by atoms with Crippen molar-refractivity contribution in [1.29, 1.82) is 0 Å². The van der Waals surface area contributed by atoms with Crippen LogP contribution in [0.25, 0.3) is 0 Å². The van der Waals surface area contributed by atoms with Crippen LogP contribution in [0.15, 0.2) is 75.8 Å². The minimum Gasteiger partial charge on any atom is -0.467 e. The molecule has 6 nitrogen and oxygen atoms in total. The zero-order valence-corrected chi connectivity index (χ0v) is 18.6. The Morgan fingerprint density at radius 3 is 2.50 bits per heavy atom. The van der Waals surface area contributed by atoms with Crippen LogP contribution in [0.5, 0.6) is 0 Å². The van der Waals surface area contributed by atoms with Crippen LogP contribution in [0.4, 0.5) is 0 Å². The van der Waals surface area contributed by atoms with Gasteiger partial charge in [0, 0.05) is 11.0 Å². The summed E-state index contributed by atoms with van der Waals surface area (Å²) in [6, 6.07) is 18.3. The monoisotopic (exact) mass is 491 g/mol. The summed E-state index contributed by atoms with van der Waals surface area (Å²) in [5.41, 5.74) is 2.46. The van der Waals surface area contributed by atoms with E-state index in [-0.39, 0.29) is 12.3 Å². The van der Waals surface area contributed by atoms with E-state index in [0.717, 1.165) is 21.4 Å². The topological polar surface area (TPSA) is 85.6 Å². The molecule has 8 heteroatoms. The van der Waals surface area contributed by atoms with E-state index >= 15 is 0 Å². The molecule has 0 unspecified atom stereocenters. The van der Waals surface area contributed by atoms with E-state index in [0.29, 0.717) is 18.8 Å². The predicted octanol–water partition coefficient (Wildman–Crippen LogP) is 3.99. The van der Waals surface area contributed by atoms with Gasteiger partial charge in [-0.25, -0.2) is 8.42 Å². The van der Waals surface area contributed by atoms with E-state index in [2.05, 4.69) is 21.2 Å². The van der Waals surface area contributed by atoms with Crippen LogP contribution in [-0.2, 0) is 44.9 Å². The number of halogens is 1. The number of carbonyl (C=O) groups excluding carboxylic acids is 1. The molecule has 0 bridgehead atoms. The summed E-state index contributed by atoms with van der Waals surface area (Å²) >= 11 is 3.31. The fourth-order valence-electron chi connectivity index (χ4n) is 2.88. The van der Waals surface area contributed by atoms with Crippen molar-refractivity contribution in [2.75, 3.05) is 5.75 Å². The van der Waals surface area contributed by atoms with Crippen LogP contribution >= 0.6 is 15.9 Å². The molecule has 0 aliphatic carbocycles. The summed E-state index contributed by atoms with van der Waals surface area (Å²) in [6.45, 7) is 1.03. The number of nitrogens with one attached hydrogen (secondary N) is 1. The first kappa shape index (κ1) is 22.3. The largest absolute Gasteiger partial charge is 0.467 e. The highest BCUT2D eigenvalue weighted by Crippen LogP contribution is 2.14. The molecule has 1 heterocycles. The maximum atomic E-state index is 12.3. The van der Waals surface area contributed by atoms with Crippen LogP contribution in [0.2, 0.25) is 0 Å². The molecule has 0 saturated heterocycles. The van der Waals surface area contributed by atoms with E-state index in [4.69, 9.17) is 9.15 Å². The second-order valence-electron chi connectivity index (χ2n) is 6.83. The van der Waals surface area contributed by atoms with Gasteiger partial charge >= 0.3 is 0 Å². The summed E-state index contributed by atoms with van der Waals surface area (Å²) in [5.74, 6) is -0.500. The van der Waals surface area contributed by atoms with E-state index in [9.17, 15) is 13.2 Å². The Balaban J connectivity index is 1.46. The van der Waals surface area contributed by atoms with Crippen LogP contribution in [0, 0.1) is 0 Å². The lowest BCUT2D eigenvalue weighted by molar-refractivity contribution is -0.118. The molecule has 0 fully saturated rings. The Hall–Kier alpha value is -2.42. The fourth-order valence-corrected chi connectivity index (χ4v) is 4.61. The number of amides is 1. The second kappa shape index (κ2) is 10.6. The molecule has 0 spiro atoms. The van der Waals surface area contributed by atoms with Gasteiger partial charge in [0.05, 0.1) is 18.6 Å². The molecule has 3 rings (SSSR count). The SMILES string of the molecule is O=C(CS(=O)(=O)Cc1cccc(Br)c1)NCc1cccc(COCc2ccco2)c1. The molecule has 1 amide bonds. The van der Waals surface area contributed by atoms with Gasteiger partial charge in [0.15, 0.2) is 9.84 Å². The minimum atomic E-state index is -3.56. The van der Waals surface area contributed by atoms with Crippen molar-refractivity contribution in [3.05, 3.63) is 93.9 Å². The highest BCUT2D eigenvalue weighted by Gasteiger charge is 2.17. The van der Waals surface area contributed by atoms with Crippen molar-refractivity contribution >= 4 is 31.7 Å². The fraction of sp³-hybridized carbons (Fsp3) is 0.227. The molecule has 1 aromatic heterocycles. The van der Waals surface area contributed by atoms with Gasteiger partial charge in [-0.2, -0.15) is 0 Å². The Bertz CT molecular complexity index is 1080. The van der Waals surface area contributed by atoms with Gasteiger partial charge in [0.25, 0.3) is 0 Å². The number of carbonyl (C=O) groups is 1. The van der Waals surface area contributed by atoms with Crippen molar-refractivity contribution in [1.82, 2.24) is 5.32 Å². The zero-order chi connectivity index (χ0) is 21.4. The molecule has 158 valence electrons. The quantitative estimate of drug-likeness (QED) is 0.463. The lowest BCUT2D eigenvalue weighted by atomic mass is 10.1. The number of benzene rings is 2. The Labute approximate surface area is 184 Å². The third kappa shape index (κ3) is 7.44. The zero-order valence-electron chi connectivity index (χ0n) is 16.2. The first-order chi connectivity index (χ1) is 14.4. The normalized spacial score (nSPS) is 11.4. The molecular weight excluding hydrogens is 470 g/mol. The van der Waals surface area contributed by atoms with Crippen molar-refractivity contribution < 1.29 is 22.4 Å². The van der Waals surface area contributed by atoms with Crippen molar-refractivity contribution in [2.45, 2.75) is 25.5 Å². The maximum Gasteiger partial charge on any atom is 0.235 e. The summed E-state index contributed by atoms with van der Waals surface area (Å²) in [7, 11) is -3.56. The van der Waals surface area contributed by atoms with E-state index < -0.39 is 21.5 Å². The molecule has 0 radical (unpaired) electrons. The number of sulfone groups is 1. The summed E-state index contributed by atoms with van der Waals surface area (Å²) in [4.78, 5) is 12.1. The highest BCUT2D eigenvalue weighted by molar-refractivity contribution is 9.10. The van der Waals surface area contributed by atoms with Crippen LogP contribution in [-0.4, -0.2) is 20.1 Å². The van der Waals surface area contributed by atoms with E-state index in [1.807, 2.05) is 36.4 Å². The first-order valence-corrected chi connectivity index (χ1v) is 11.9. The maximum absolute atomic E-state index is 12.3. The molecule has 1 N–H and O–H groups in total. The van der Waals surface area contributed by atoms with Gasteiger partial charge in [0.1, 0.15) is 18.1 Å². The van der Waals surface area contributed by atoms with E-state index in [1.54, 1.807) is 30.5 Å². The van der Waals surface area contributed by atoms with Crippen LogP contribution in [0.3, 0.4) is 0 Å². The second-order valence-corrected chi connectivity index (χ2v) is 9.81. The van der Waals surface area contributed by atoms with Gasteiger partial charge in [0.2, 0.25) is 5.91 Å². The number of hydrogen-bond donors (Lipinski definition) is 1. The molecule has 0 aliphatic heterocycles. The van der Waals surface area contributed by atoms with Crippen molar-refractivity contribution in [3.8, 4) is 0 Å². The van der Waals surface area contributed by atoms with Gasteiger partial charge < -0.3 is 14.5 Å². The summed E-state index contributed by atoms with van der Waals surface area (Å²) in [5, 5.41) is 2.67. The number of rotatable bonds is 10. The van der Waals surface area contributed by atoms with Crippen molar-refractivity contribution in [2.24, 2.45) is 0 Å². The Kier molecular flexibility index (Phi) is 7.84. The molecule has 30 heavy (non-hydrogen) atoms. The minimum absolute atomic E-state index is 0.178. The smallest absolute Gasteiger partial charge is 0.235 e. The number of ether oxygens (including phenoxy) is 1. The Morgan fingerprint density at radius 1 is 0.967 bits per heavy atom. The van der Waals surface area contributed by atoms with Gasteiger partial charge in [-0.05, 0) is 41.0 Å². The Morgan fingerprint density at radius 2 is 1.73 bits per heavy atom. The average Bonchev–Trinajstić information content (AvgIpc) is 3.19. The number of hydrogen-bond acceptors (Lipinski definition) is 5. The predicted molar refractivity (Wildman–Crippen MR) is 117 cm³/mol. The summed E-state index contributed by atoms with van der Waals surface area (Å²) in [6.07, 6.45) is 1.60. The van der Waals surface area contributed by atoms with Crippen LogP contribution in [0.1, 0.15) is 22.5 Å². The standard InChI is InChI=1S/C22H22BrNO5S/c23-20-7-2-6-19(11-20)15-30(26,27)16-22(25)24-12-17-4-1-5-18(10-17)13-28-14-21-8-3-9-29-21/h1-11H,12-16H2,(H,24,25). The van der Waals surface area contributed by atoms with E-state index in [1.165, 1.54) is 0 Å². The molecule has 3 aromatic rings. The third-order valence-corrected chi connectivity index (χ3v) is 6.17. The molecule has 2 aromatic carbocycles. The third-order valence-electron chi connectivity index (χ3n) is 4.20. The van der Waals surface area contributed by atoms with Gasteiger partial charge in [-0.3, -0.25) is 4.79 Å². The van der Waals surface area contributed by atoms with Crippen molar-refractivity contribution in [3.63, 3.8) is 0 Å². The molecule has 0 atom stereocenters. The van der Waals surface area contributed by atoms with Gasteiger partial charge in [-0.1, -0.05) is 52.3 Å². The average molecular weight is 492 g/mol. The molecule has 0 saturated carbocycles. The van der Waals surface area contributed by atoms with Crippen LogP contribution < -0.4 is 5.32 Å². The summed E-state index contributed by atoms with van der Waals surface area (Å²) < 4.78 is 36.2. The highest BCUT2D eigenvalue weighted by atomic mass is 79.9. The lowest BCUT2D eigenvalue weighted by Crippen LogP contribution is -2.30. The first-order valence-electron chi connectivity index (χ1n) is 9.29. The molecule has 0 aliphatic rings.